The number of hydrogen-bond acceptors (Lipinski definition) is 2. The molecule has 2 heteroatoms. The van der Waals surface area contributed by atoms with E-state index in [4.69, 9.17) is 10.5 Å². The molecule has 0 aromatic heterocycles. The summed E-state index contributed by atoms with van der Waals surface area (Å²) in [5, 5.41) is 0. The van der Waals surface area contributed by atoms with Crippen LogP contribution in [0.2, 0.25) is 0 Å². The molecular weight excluding hydrogens is 246 g/mol. The van der Waals surface area contributed by atoms with Crippen LogP contribution in [0, 0.1) is 0 Å². The lowest BCUT2D eigenvalue weighted by Crippen LogP contribution is -2.15. The molecule has 2 aliphatic carbocycles. The molecule has 20 heavy (non-hydrogen) atoms. The summed E-state index contributed by atoms with van der Waals surface area (Å²) in [7, 11) is 0. The number of hydrogen-bond donors (Lipinski definition) is 1. The lowest BCUT2D eigenvalue weighted by molar-refractivity contribution is 0.306. The van der Waals surface area contributed by atoms with Crippen molar-refractivity contribution in [2.45, 2.75) is 37.3 Å². The van der Waals surface area contributed by atoms with Gasteiger partial charge in [-0.2, -0.15) is 0 Å². The lowest BCUT2D eigenvalue weighted by Gasteiger charge is -2.11. The summed E-state index contributed by atoms with van der Waals surface area (Å²) in [5.41, 5.74) is 10.5. The maximum absolute atomic E-state index is 6.12. The normalized spacial score (nSPS) is 26.6. The second-order valence-corrected chi connectivity index (χ2v) is 6.06. The van der Waals surface area contributed by atoms with E-state index in [1.807, 2.05) is 18.2 Å². The molecule has 2 N–H and O–H groups in total. The minimum atomic E-state index is 0.313. The third-order valence-corrected chi connectivity index (χ3v) is 4.84. The zero-order valence-corrected chi connectivity index (χ0v) is 11.5. The molecule has 0 aliphatic heterocycles. The molecule has 2 atom stereocenters. The Balaban J connectivity index is 1.51. The maximum atomic E-state index is 6.12. The Morgan fingerprint density at radius 1 is 1.15 bits per heavy atom. The average Bonchev–Trinajstić information content (AvgIpc) is 3.00. The Kier molecular flexibility index (Phi) is 2.61. The highest BCUT2D eigenvalue weighted by Crippen LogP contribution is 2.56. The molecule has 2 nitrogen and oxygen atoms in total. The van der Waals surface area contributed by atoms with Crippen molar-refractivity contribution in [1.82, 2.24) is 0 Å². The SMILES string of the molecule is NC1CC12CCc1cc(OCc3ccccc3)ccc12. The third-order valence-electron chi connectivity index (χ3n) is 4.84. The highest BCUT2D eigenvalue weighted by atomic mass is 16.5. The number of rotatable bonds is 3. The molecule has 0 amide bonds. The molecule has 0 saturated heterocycles. The van der Waals surface area contributed by atoms with Crippen LogP contribution < -0.4 is 10.5 Å². The maximum Gasteiger partial charge on any atom is 0.120 e. The van der Waals surface area contributed by atoms with E-state index < -0.39 is 0 Å². The number of aryl methyl sites for hydroxylation is 1. The second-order valence-electron chi connectivity index (χ2n) is 6.06. The first-order valence-corrected chi connectivity index (χ1v) is 7.34. The van der Waals surface area contributed by atoms with Crippen LogP contribution in [0.4, 0.5) is 0 Å². The summed E-state index contributed by atoms with van der Waals surface area (Å²) in [5.74, 6) is 0.971. The zero-order valence-electron chi connectivity index (χ0n) is 11.5. The summed E-state index contributed by atoms with van der Waals surface area (Å²) < 4.78 is 5.90. The van der Waals surface area contributed by atoms with E-state index in [0.717, 1.165) is 18.6 Å². The summed E-state index contributed by atoms with van der Waals surface area (Å²) in [4.78, 5) is 0. The Hall–Kier alpha value is -1.80. The molecular formula is C18H19NO. The molecule has 2 aromatic rings. The summed E-state index contributed by atoms with van der Waals surface area (Å²) in [6.45, 7) is 0.629. The highest BCUT2D eigenvalue weighted by Gasteiger charge is 2.56. The van der Waals surface area contributed by atoms with E-state index in [-0.39, 0.29) is 0 Å². The number of ether oxygens (including phenoxy) is 1. The molecule has 2 aromatic carbocycles. The molecule has 1 spiro atoms. The third kappa shape index (κ3) is 1.83. The van der Waals surface area contributed by atoms with Crippen molar-refractivity contribution < 1.29 is 4.74 Å². The van der Waals surface area contributed by atoms with Crippen molar-refractivity contribution in [2.24, 2.45) is 5.73 Å². The van der Waals surface area contributed by atoms with Crippen LogP contribution in [-0.2, 0) is 18.4 Å². The largest absolute Gasteiger partial charge is 0.489 e. The van der Waals surface area contributed by atoms with Crippen molar-refractivity contribution in [1.29, 1.82) is 0 Å². The van der Waals surface area contributed by atoms with E-state index in [0.29, 0.717) is 18.1 Å². The van der Waals surface area contributed by atoms with Crippen LogP contribution in [0.3, 0.4) is 0 Å². The van der Waals surface area contributed by atoms with Crippen molar-refractivity contribution in [2.75, 3.05) is 0 Å². The van der Waals surface area contributed by atoms with Gasteiger partial charge < -0.3 is 10.5 Å². The predicted molar refractivity (Wildman–Crippen MR) is 79.8 cm³/mol. The fraction of sp³-hybridized carbons (Fsp3) is 0.333. The predicted octanol–water partition coefficient (Wildman–Crippen LogP) is 3.18. The van der Waals surface area contributed by atoms with Gasteiger partial charge in [0.1, 0.15) is 12.4 Å². The Morgan fingerprint density at radius 3 is 2.70 bits per heavy atom. The molecule has 2 unspecified atom stereocenters. The Labute approximate surface area is 119 Å². The highest BCUT2D eigenvalue weighted by molar-refractivity contribution is 5.49. The van der Waals surface area contributed by atoms with Gasteiger partial charge in [0.05, 0.1) is 0 Å². The fourth-order valence-electron chi connectivity index (χ4n) is 3.52. The summed E-state index contributed by atoms with van der Waals surface area (Å²) in [6.07, 6.45) is 3.52. The van der Waals surface area contributed by atoms with Crippen molar-refractivity contribution in [3.8, 4) is 5.75 Å². The minimum absolute atomic E-state index is 0.313. The topological polar surface area (TPSA) is 35.2 Å². The van der Waals surface area contributed by atoms with Gasteiger partial charge in [-0.3, -0.25) is 0 Å². The second kappa shape index (κ2) is 4.35. The lowest BCUT2D eigenvalue weighted by atomic mass is 9.97. The van der Waals surface area contributed by atoms with Crippen molar-refractivity contribution in [3.63, 3.8) is 0 Å². The first-order chi connectivity index (χ1) is 9.78. The van der Waals surface area contributed by atoms with Gasteiger partial charge in [-0.05, 0) is 48.1 Å². The summed E-state index contributed by atoms with van der Waals surface area (Å²) >= 11 is 0. The van der Waals surface area contributed by atoms with Crippen LogP contribution in [0.25, 0.3) is 0 Å². The zero-order chi connectivity index (χ0) is 13.6. The van der Waals surface area contributed by atoms with Crippen LogP contribution in [0.15, 0.2) is 48.5 Å². The van der Waals surface area contributed by atoms with Crippen LogP contribution in [-0.4, -0.2) is 6.04 Å². The van der Waals surface area contributed by atoms with E-state index >= 15 is 0 Å². The first kappa shape index (κ1) is 12.0. The number of benzene rings is 2. The van der Waals surface area contributed by atoms with Crippen LogP contribution in [0.1, 0.15) is 29.5 Å². The van der Waals surface area contributed by atoms with Crippen LogP contribution >= 0.6 is 0 Å². The van der Waals surface area contributed by atoms with E-state index in [2.05, 4.69) is 30.3 Å². The molecule has 1 fully saturated rings. The molecule has 4 rings (SSSR count). The fourth-order valence-corrected chi connectivity index (χ4v) is 3.52. The molecule has 1 saturated carbocycles. The smallest absolute Gasteiger partial charge is 0.120 e. The minimum Gasteiger partial charge on any atom is -0.489 e. The van der Waals surface area contributed by atoms with E-state index in [1.54, 1.807) is 0 Å². The number of nitrogens with two attached hydrogens (primary N) is 1. The Morgan fingerprint density at radius 2 is 1.95 bits per heavy atom. The Bertz CT molecular complexity index is 637. The van der Waals surface area contributed by atoms with Crippen molar-refractivity contribution >= 4 is 0 Å². The molecule has 0 bridgehead atoms. The standard InChI is InChI=1S/C18H19NO/c19-17-11-18(17)9-8-14-10-15(6-7-16(14)18)20-12-13-4-2-1-3-5-13/h1-7,10,17H,8-9,11-12,19H2. The van der Waals surface area contributed by atoms with E-state index in [1.165, 1.54) is 23.1 Å². The quantitative estimate of drug-likeness (QED) is 0.925. The monoisotopic (exact) mass is 265 g/mol. The van der Waals surface area contributed by atoms with Gasteiger partial charge in [0.25, 0.3) is 0 Å². The van der Waals surface area contributed by atoms with Gasteiger partial charge in [-0.1, -0.05) is 36.4 Å². The van der Waals surface area contributed by atoms with Crippen LogP contribution in [0.5, 0.6) is 5.75 Å². The van der Waals surface area contributed by atoms with Gasteiger partial charge in [-0.15, -0.1) is 0 Å². The first-order valence-electron chi connectivity index (χ1n) is 7.34. The summed E-state index contributed by atoms with van der Waals surface area (Å²) in [6, 6.07) is 17.2. The van der Waals surface area contributed by atoms with Gasteiger partial charge in [0, 0.05) is 11.5 Å². The van der Waals surface area contributed by atoms with Crippen molar-refractivity contribution in [3.05, 3.63) is 65.2 Å². The molecule has 0 radical (unpaired) electrons. The molecule has 2 aliphatic rings. The molecule has 0 heterocycles. The number of fused-ring (bicyclic) bond motifs is 2. The van der Waals surface area contributed by atoms with Gasteiger partial charge in [0.15, 0.2) is 0 Å². The van der Waals surface area contributed by atoms with Gasteiger partial charge in [-0.25, -0.2) is 0 Å². The van der Waals surface area contributed by atoms with Gasteiger partial charge >= 0.3 is 0 Å². The average molecular weight is 265 g/mol. The molecule has 102 valence electrons. The van der Waals surface area contributed by atoms with E-state index in [9.17, 15) is 0 Å². The van der Waals surface area contributed by atoms with Gasteiger partial charge in [0.2, 0.25) is 0 Å².